The Hall–Kier alpha value is -1.72. The van der Waals surface area contributed by atoms with Crippen LogP contribution in [0.2, 0.25) is 0 Å². The molecule has 1 aliphatic heterocycles. The monoisotopic (exact) mass is 279 g/mol. The molecule has 112 valence electrons. The van der Waals surface area contributed by atoms with Gasteiger partial charge < -0.3 is 16.0 Å². The minimum absolute atomic E-state index is 0.144. The zero-order valence-corrected chi connectivity index (χ0v) is 12.5. The van der Waals surface area contributed by atoms with Gasteiger partial charge >= 0.3 is 0 Å². The van der Waals surface area contributed by atoms with Gasteiger partial charge in [0.2, 0.25) is 5.91 Å². The van der Waals surface area contributed by atoms with Crippen LogP contribution in [0.15, 0.2) is 0 Å². The number of rotatable bonds is 5. The molecule has 1 aromatic rings. The highest BCUT2D eigenvalue weighted by Crippen LogP contribution is 2.22. The molecule has 2 rings (SSSR count). The van der Waals surface area contributed by atoms with Crippen molar-refractivity contribution in [3.8, 4) is 0 Å². The molecule has 0 radical (unpaired) electrons. The molecule has 0 spiro atoms. The van der Waals surface area contributed by atoms with E-state index in [2.05, 4.69) is 17.3 Å². The molecule has 6 heteroatoms. The number of likely N-dealkylation sites (tertiary alicyclic amines) is 1. The van der Waals surface area contributed by atoms with E-state index in [0.717, 1.165) is 50.4 Å². The quantitative estimate of drug-likeness (QED) is 0.858. The minimum Gasteiger partial charge on any atom is -0.394 e. The maximum Gasteiger partial charge on any atom is 0.241 e. The summed E-state index contributed by atoms with van der Waals surface area (Å²) in [5, 5.41) is 7.56. The first kappa shape index (κ1) is 14.7. The Morgan fingerprint density at radius 3 is 2.70 bits per heavy atom. The van der Waals surface area contributed by atoms with Crippen LogP contribution < -0.4 is 11.1 Å². The van der Waals surface area contributed by atoms with Gasteiger partial charge in [-0.25, -0.2) is 4.68 Å². The van der Waals surface area contributed by atoms with Crippen molar-refractivity contribution in [1.82, 2.24) is 14.7 Å². The second kappa shape index (κ2) is 6.63. The molecule has 6 nitrogen and oxygen atoms in total. The Labute approximate surface area is 120 Å². The number of amides is 1. The van der Waals surface area contributed by atoms with Crippen molar-refractivity contribution in [3.05, 3.63) is 5.69 Å². The predicted molar refractivity (Wildman–Crippen MR) is 80.6 cm³/mol. The third-order valence-corrected chi connectivity index (χ3v) is 3.72. The zero-order chi connectivity index (χ0) is 14.5. The van der Waals surface area contributed by atoms with Gasteiger partial charge in [0.25, 0.3) is 0 Å². The molecule has 1 amide bonds. The molecule has 2 heterocycles. The van der Waals surface area contributed by atoms with E-state index in [1.54, 1.807) is 0 Å². The summed E-state index contributed by atoms with van der Waals surface area (Å²) in [6.07, 6.45) is 4.43. The number of aryl methyl sites for hydroxylation is 2. The fourth-order valence-corrected chi connectivity index (χ4v) is 2.57. The molecule has 1 aromatic heterocycles. The van der Waals surface area contributed by atoms with E-state index in [0.29, 0.717) is 12.2 Å². The lowest BCUT2D eigenvalue weighted by Gasteiger charge is -2.27. The van der Waals surface area contributed by atoms with Gasteiger partial charge in [-0.1, -0.05) is 6.92 Å². The van der Waals surface area contributed by atoms with E-state index in [1.807, 2.05) is 16.5 Å². The van der Waals surface area contributed by atoms with Crippen molar-refractivity contribution in [2.24, 2.45) is 0 Å². The van der Waals surface area contributed by atoms with Gasteiger partial charge in [-0.15, -0.1) is 0 Å². The Morgan fingerprint density at radius 2 is 2.05 bits per heavy atom. The summed E-state index contributed by atoms with van der Waals surface area (Å²) in [4.78, 5) is 14.1. The van der Waals surface area contributed by atoms with Gasteiger partial charge in [0.05, 0.1) is 17.9 Å². The SMILES string of the molecule is CCCn1nc(C)c(N)c1NCC(=O)N1CCCCC1. The molecule has 1 aliphatic rings. The zero-order valence-electron chi connectivity index (χ0n) is 12.5. The number of aromatic nitrogens is 2. The summed E-state index contributed by atoms with van der Waals surface area (Å²) < 4.78 is 1.86. The summed E-state index contributed by atoms with van der Waals surface area (Å²) in [7, 11) is 0. The third-order valence-electron chi connectivity index (χ3n) is 3.72. The molecular formula is C14H25N5O. The summed E-state index contributed by atoms with van der Waals surface area (Å²) in [6.45, 7) is 6.83. The minimum atomic E-state index is 0.144. The van der Waals surface area contributed by atoms with Gasteiger partial charge in [0, 0.05) is 19.6 Å². The number of anilines is 2. The summed E-state index contributed by atoms with van der Waals surface area (Å²) in [6, 6.07) is 0. The number of nitrogens with one attached hydrogen (secondary N) is 1. The second-order valence-corrected chi connectivity index (χ2v) is 5.37. The number of carbonyl (C=O) groups excluding carboxylic acids is 1. The lowest BCUT2D eigenvalue weighted by molar-refractivity contribution is -0.130. The summed E-state index contributed by atoms with van der Waals surface area (Å²) in [5.41, 5.74) is 7.48. The molecule has 20 heavy (non-hydrogen) atoms. The maximum atomic E-state index is 12.2. The van der Waals surface area contributed by atoms with Crippen molar-refractivity contribution in [2.45, 2.75) is 46.1 Å². The molecule has 0 unspecified atom stereocenters. The average molecular weight is 279 g/mol. The van der Waals surface area contributed by atoms with Crippen molar-refractivity contribution in [2.75, 3.05) is 30.7 Å². The molecule has 1 fully saturated rings. The van der Waals surface area contributed by atoms with E-state index in [-0.39, 0.29) is 5.91 Å². The molecule has 0 bridgehead atoms. The number of nitrogens with two attached hydrogens (primary N) is 1. The van der Waals surface area contributed by atoms with Gasteiger partial charge in [-0.05, 0) is 32.6 Å². The fraction of sp³-hybridized carbons (Fsp3) is 0.714. The third kappa shape index (κ3) is 3.23. The number of carbonyl (C=O) groups is 1. The van der Waals surface area contributed by atoms with E-state index in [9.17, 15) is 4.79 Å². The molecule has 1 saturated heterocycles. The Balaban J connectivity index is 1.97. The van der Waals surface area contributed by atoms with Gasteiger partial charge in [-0.2, -0.15) is 5.10 Å². The van der Waals surface area contributed by atoms with Gasteiger partial charge in [0.1, 0.15) is 5.82 Å². The number of nitrogens with zero attached hydrogens (tertiary/aromatic N) is 3. The lowest BCUT2D eigenvalue weighted by Crippen LogP contribution is -2.39. The highest BCUT2D eigenvalue weighted by atomic mass is 16.2. The van der Waals surface area contributed by atoms with E-state index in [4.69, 9.17) is 5.73 Å². The number of hydrogen-bond acceptors (Lipinski definition) is 4. The Kier molecular flexibility index (Phi) is 4.87. The van der Waals surface area contributed by atoms with Crippen molar-refractivity contribution < 1.29 is 4.79 Å². The van der Waals surface area contributed by atoms with Crippen LogP contribution in [0.5, 0.6) is 0 Å². The van der Waals surface area contributed by atoms with Crippen LogP contribution in [0.1, 0.15) is 38.3 Å². The molecule has 3 N–H and O–H groups in total. The highest BCUT2D eigenvalue weighted by molar-refractivity contribution is 5.82. The fourth-order valence-electron chi connectivity index (χ4n) is 2.57. The topological polar surface area (TPSA) is 76.2 Å². The van der Waals surface area contributed by atoms with Crippen LogP contribution in [0, 0.1) is 6.92 Å². The van der Waals surface area contributed by atoms with Gasteiger partial charge in [0.15, 0.2) is 0 Å². The molecular weight excluding hydrogens is 254 g/mol. The first-order chi connectivity index (χ1) is 9.63. The largest absolute Gasteiger partial charge is 0.394 e. The summed E-state index contributed by atoms with van der Waals surface area (Å²) >= 11 is 0. The van der Waals surface area contributed by atoms with Crippen LogP contribution in [0.3, 0.4) is 0 Å². The van der Waals surface area contributed by atoms with E-state index < -0.39 is 0 Å². The molecule has 0 aliphatic carbocycles. The second-order valence-electron chi connectivity index (χ2n) is 5.37. The van der Waals surface area contributed by atoms with Crippen molar-refractivity contribution in [3.63, 3.8) is 0 Å². The van der Waals surface area contributed by atoms with Crippen molar-refractivity contribution in [1.29, 1.82) is 0 Å². The molecule has 0 aromatic carbocycles. The number of piperidine rings is 1. The number of hydrogen-bond donors (Lipinski definition) is 2. The average Bonchev–Trinajstić information content (AvgIpc) is 2.73. The smallest absolute Gasteiger partial charge is 0.241 e. The predicted octanol–water partition coefficient (Wildman–Crippen LogP) is 1.61. The van der Waals surface area contributed by atoms with E-state index in [1.165, 1.54) is 6.42 Å². The van der Waals surface area contributed by atoms with Gasteiger partial charge in [-0.3, -0.25) is 4.79 Å². The van der Waals surface area contributed by atoms with Crippen molar-refractivity contribution >= 4 is 17.4 Å². The van der Waals surface area contributed by atoms with Crippen LogP contribution in [-0.2, 0) is 11.3 Å². The Morgan fingerprint density at radius 1 is 1.35 bits per heavy atom. The summed E-state index contributed by atoms with van der Waals surface area (Å²) in [5.74, 6) is 0.917. The van der Waals surface area contributed by atoms with Crippen LogP contribution >= 0.6 is 0 Å². The highest BCUT2D eigenvalue weighted by Gasteiger charge is 2.18. The Bertz CT molecular complexity index is 462. The maximum absolute atomic E-state index is 12.2. The first-order valence-electron chi connectivity index (χ1n) is 7.48. The lowest BCUT2D eigenvalue weighted by atomic mass is 10.1. The number of nitrogen functional groups attached to an aromatic ring is 1. The first-order valence-corrected chi connectivity index (χ1v) is 7.48. The van der Waals surface area contributed by atoms with Crippen LogP contribution in [0.4, 0.5) is 11.5 Å². The van der Waals surface area contributed by atoms with E-state index >= 15 is 0 Å². The normalized spacial score (nSPS) is 15.4. The molecule has 0 saturated carbocycles. The molecule has 0 atom stereocenters. The van der Waals surface area contributed by atoms with Crippen LogP contribution in [0.25, 0.3) is 0 Å². The standard InChI is InChI=1S/C14H25N5O/c1-3-7-19-14(13(15)11(2)17-19)16-10-12(20)18-8-5-4-6-9-18/h16H,3-10,15H2,1-2H3. The van der Waals surface area contributed by atoms with Crippen LogP contribution in [-0.4, -0.2) is 40.2 Å².